The summed E-state index contributed by atoms with van der Waals surface area (Å²) in [6, 6.07) is 4.88. The standard InChI is InChI=1S/C14H22N2O3/c1-4-12(16-7-8-18-2)14(17)10-5-6-13(19-3)11(15)9-10/h5-6,9,12,16H,4,7-8,15H2,1-3H3. The third-order valence-corrected chi connectivity index (χ3v) is 2.94. The molecule has 1 unspecified atom stereocenters. The van der Waals surface area contributed by atoms with Crippen molar-refractivity contribution in [2.75, 3.05) is 33.1 Å². The highest BCUT2D eigenvalue weighted by Crippen LogP contribution is 2.22. The van der Waals surface area contributed by atoms with Crippen LogP contribution >= 0.6 is 0 Å². The Labute approximate surface area is 114 Å². The van der Waals surface area contributed by atoms with Crippen LogP contribution in [0.5, 0.6) is 5.75 Å². The summed E-state index contributed by atoms with van der Waals surface area (Å²) in [7, 11) is 3.18. The molecular weight excluding hydrogens is 244 g/mol. The van der Waals surface area contributed by atoms with E-state index in [9.17, 15) is 4.79 Å². The molecule has 1 aromatic carbocycles. The van der Waals surface area contributed by atoms with Gasteiger partial charge in [0.2, 0.25) is 0 Å². The van der Waals surface area contributed by atoms with Gasteiger partial charge >= 0.3 is 0 Å². The number of benzene rings is 1. The molecule has 0 saturated heterocycles. The van der Waals surface area contributed by atoms with Crippen LogP contribution in [0.1, 0.15) is 23.7 Å². The van der Waals surface area contributed by atoms with Crippen LogP contribution in [0.15, 0.2) is 18.2 Å². The van der Waals surface area contributed by atoms with E-state index >= 15 is 0 Å². The molecule has 0 bridgehead atoms. The average molecular weight is 266 g/mol. The summed E-state index contributed by atoms with van der Waals surface area (Å²) >= 11 is 0. The summed E-state index contributed by atoms with van der Waals surface area (Å²) in [4.78, 5) is 12.3. The maximum absolute atomic E-state index is 12.3. The number of hydrogen-bond acceptors (Lipinski definition) is 5. The Morgan fingerprint density at radius 3 is 2.68 bits per heavy atom. The largest absolute Gasteiger partial charge is 0.495 e. The minimum absolute atomic E-state index is 0.0351. The van der Waals surface area contributed by atoms with Crippen LogP contribution in [-0.2, 0) is 4.74 Å². The first-order valence-corrected chi connectivity index (χ1v) is 6.34. The number of ether oxygens (including phenoxy) is 2. The monoisotopic (exact) mass is 266 g/mol. The number of carbonyl (C=O) groups excluding carboxylic acids is 1. The van der Waals surface area contributed by atoms with E-state index < -0.39 is 0 Å². The lowest BCUT2D eigenvalue weighted by atomic mass is 10.0. The van der Waals surface area contributed by atoms with E-state index in [4.69, 9.17) is 15.2 Å². The maximum atomic E-state index is 12.3. The predicted molar refractivity (Wildman–Crippen MR) is 75.7 cm³/mol. The second kappa shape index (κ2) is 7.76. The molecule has 1 atom stereocenters. The van der Waals surface area contributed by atoms with Gasteiger partial charge < -0.3 is 20.5 Å². The molecule has 5 nitrogen and oxygen atoms in total. The highest BCUT2D eigenvalue weighted by molar-refractivity contribution is 6.01. The van der Waals surface area contributed by atoms with Gasteiger partial charge in [0.1, 0.15) is 5.75 Å². The van der Waals surface area contributed by atoms with Crippen molar-refractivity contribution < 1.29 is 14.3 Å². The SMILES string of the molecule is CCC(NCCOC)C(=O)c1ccc(OC)c(N)c1. The molecule has 19 heavy (non-hydrogen) atoms. The van der Waals surface area contributed by atoms with Gasteiger partial charge in [0.05, 0.1) is 25.4 Å². The van der Waals surface area contributed by atoms with Gasteiger partial charge in [0, 0.05) is 19.2 Å². The van der Waals surface area contributed by atoms with E-state index in [0.29, 0.717) is 36.6 Å². The molecule has 0 saturated carbocycles. The number of anilines is 1. The predicted octanol–water partition coefficient (Wildman–Crippen LogP) is 1.47. The normalized spacial score (nSPS) is 12.2. The third-order valence-electron chi connectivity index (χ3n) is 2.94. The molecule has 106 valence electrons. The average Bonchev–Trinajstić information content (AvgIpc) is 2.43. The minimum Gasteiger partial charge on any atom is -0.495 e. The zero-order chi connectivity index (χ0) is 14.3. The number of ketones is 1. The second-order valence-corrected chi connectivity index (χ2v) is 4.23. The molecular formula is C14H22N2O3. The molecule has 0 amide bonds. The van der Waals surface area contributed by atoms with Crippen molar-refractivity contribution in [2.45, 2.75) is 19.4 Å². The number of nitrogen functional groups attached to an aromatic ring is 1. The number of Topliss-reactive ketones (excluding diaryl/α,β-unsaturated/α-hetero) is 1. The van der Waals surface area contributed by atoms with Crippen LogP contribution in [0.4, 0.5) is 5.69 Å². The molecule has 0 fully saturated rings. The molecule has 0 spiro atoms. The number of methoxy groups -OCH3 is 2. The van der Waals surface area contributed by atoms with Gasteiger partial charge in [-0.1, -0.05) is 6.92 Å². The van der Waals surface area contributed by atoms with Crippen molar-refractivity contribution in [2.24, 2.45) is 0 Å². The second-order valence-electron chi connectivity index (χ2n) is 4.23. The van der Waals surface area contributed by atoms with Crippen LogP contribution in [0.25, 0.3) is 0 Å². The molecule has 0 aliphatic heterocycles. The lowest BCUT2D eigenvalue weighted by molar-refractivity contribution is 0.0934. The summed E-state index contributed by atoms with van der Waals surface area (Å²) in [5.41, 5.74) is 6.88. The molecule has 1 rings (SSSR count). The Bertz CT molecular complexity index is 421. The van der Waals surface area contributed by atoms with E-state index in [1.54, 1.807) is 32.4 Å². The topological polar surface area (TPSA) is 73.6 Å². The molecule has 0 radical (unpaired) electrons. The molecule has 0 heterocycles. The van der Waals surface area contributed by atoms with E-state index in [2.05, 4.69) is 5.32 Å². The van der Waals surface area contributed by atoms with Gasteiger partial charge in [0.15, 0.2) is 5.78 Å². The van der Waals surface area contributed by atoms with Gasteiger partial charge in [-0.3, -0.25) is 4.79 Å². The minimum atomic E-state index is -0.219. The zero-order valence-corrected chi connectivity index (χ0v) is 11.7. The summed E-state index contributed by atoms with van der Waals surface area (Å²) in [5, 5.41) is 3.17. The Balaban J connectivity index is 2.76. The van der Waals surface area contributed by atoms with Crippen molar-refractivity contribution >= 4 is 11.5 Å². The van der Waals surface area contributed by atoms with Gasteiger partial charge in [-0.2, -0.15) is 0 Å². The van der Waals surface area contributed by atoms with Crippen molar-refractivity contribution in [3.8, 4) is 5.75 Å². The quantitative estimate of drug-likeness (QED) is 0.423. The molecule has 0 aliphatic rings. The van der Waals surface area contributed by atoms with Crippen LogP contribution < -0.4 is 15.8 Å². The number of nitrogens with one attached hydrogen (secondary N) is 1. The fraction of sp³-hybridized carbons (Fsp3) is 0.500. The van der Waals surface area contributed by atoms with Crippen molar-refractivity contribution in [3.63, 3.8) is 0 Å². The first-order chi connectivity index (χ1) is 9.13. The van der Waals surface area contributed by atoms with Crippen LogP contribution in [0.2, 0.25) is 0 Å². The summed E-state index contributed by atoms with van der Waals surface area (Å²) in [6.45, 7) is 3.19. The van der Waals surface area contributed by atoms with Crippen molar-refractivity contribution in [3.05, 3.63) is 23.8 Å². The molecule has 3 N–H and O–H groups in total. The van der Waals surface area contributed by atoms with Crippen molar-refractivity contribution in [1.29, 1.82) is 0 Å². The summed E-state index contributed by atoms with van der Waals surface area (Å²) < 4.78 is 10.0. The van der Waals surface area contributed by atoms with Gasteiger partial charge in [-0.05, 0) is 24.6 Å². The summed E-state index contributed by atoms with van der Waals surface area (Å²) in [6.07, 6.45) is 0.717. The number of carbonyl (C=O) groups is 1. The van der Waals surface area contributed by atoms with Crippen molar-refractivity contribution in [1.82, 2.24) is 5.32 Å². The maximum Gasteiger partial charge on any atom is 0.179 e. The van der Waals surface area contributed by atoms with E-state index in [1.807, 2.05) is 6.92 Å². The van der Waals surface area contributed by atoms with Gasteiger partial charge in [-0.25, -0.2) is 0 Å². The first-order valence-electron chi connectivity index (χ1n) is 6.34. The number of hydrogen-bond donors (Lipinski definition) is 2. The fourth-order valence-electron chi connectivity index (χ4n) is 1.85. The van der Waals surface area contributed by atoms with Gasteiger partial charge in [-0.15, -0.1) is 0 Å². The smallest absolute Gasteiger partial charge is 0.179 e. The highest BCUT2D eigenvalue weighted by Gasteiger charge is 2.18. The van der Waals surface area contributed by atoms with Crippen LogP contribution in [-0.4, -0.2) is 39.2 Å². The van der Waals surface area contributed by atoms with E-state index in [-0.39, 0.29) is 11.8 Å². The fourth-order valence-corrected chi connectivity index (χ4v) is 1.85. The molecule has 1 aromatic rings. The summed E-state index contributed by atoms with van der Waals surface area (Å²) in [5.74, 6) is 0.616. The van der Waals surface area contributed by atoms with E-state index in [0.717, 1.165) is 0 Å². The van der Waals surface area contributed by atoms with Gasteiger partial charge in [0.25, 0.3) is 0 Å². The number of nitrogens with two attached hydrogens (primary N) is 1. The third kappa shape index (κ3) is 4.22. The molecule has 0 aromatic heterocycles. The Morgan fingerprint density at radius 2 is 2.16 bits per heavy atom. The Morgan fingerprint density at radius 1 is 1.42 bits per heavy atom. The Hall–Kier alpha value is -1.59. The number of rotatable bonds is 8. The van der Waals surface area contributed by atoms with E-state index in [1.165, 1.54) is 0 Å². The zero-order valence-electron chi connectivity index (χ0n) is 11.7. The first kappa shape index (κ1) is 15.5. The lowest BCUT2D eigenvalue weighted by Crippen LogP contribution is -2.38. The van der Waals surface area contributed by atoms with Crippen LogP contribution in [0.3, 0.4) is 0 Å². The van der Waals surface area contributed by atoms with Crippen LogP contribution in [0, 0.1) is 0 Å². The Kier molecular flexibility index (Phi) is 6.32. The molecule has 0 aliphatic carbocycles. The lowest BCUT2D eigenvalue weighted by Gasteiger charge is -2.16. The highest BCUT2D eigenvalue weighted by atomic mass is 16.5. The molecule has 5 heteroatoms.